The Kier molecular flexibility index (Phi) is 2.42. The average Bonchev–Trinajstić information content (AvgIpc) is 2.82. The topological polar surface area (TPSA) is 43.1 Å². The van der Waals surface area contributed by atoms with Crippen LogP contribution in [0.25, 0.3) is 0 Å². The first kappa shape index (κ1) is 9.46. The van der Waals surface area contributed by atoms with Gasteiger partial charge in [-0.1, -0.05) is 18.2 Å². The Hall–Kier alpha value is -1.09. The molecule has 0 radical (unpaired) electrons. The van der Waals surface area contributed by atoms with Crippen molar-refractivity contribution in [3.63, 3.8) is 0 Å². The number of para-hydroxylation sites is 1. The standard InChI is InChI=1S/C10H10ClNO2/c11-9-6-8(9)5-7-3-1-2-4-10(7)12(13)14/h1-4,8-9H,5-6H2. The molecule has 74 valence electrons. The van der Waals surface area contributed by atoms with Crippen LogP contribution < -0.4 is 0 Å². The van der Waals surface area contributed by atoms with Gasteiger partial charge in [-0.25, -0.2) is 0 Å². The lowest BCUT2D eigenvalue weighted by Gasteiger charge is -2.00. The fourth-order valence-electron chi connectivity index (χ4n) is 1.57. The Balaban J connectivity index is 2.19. The van der Waals surface area contributed by atoms with Crippen molar-refractivity contribution in [1.29, 1.82) is 0 Å². The summed E-state index contributed by atoms with van der Waals surface area (Å²) in [6, 6.07) is 6.86. The molecule has 3 nitrogen and oxygen atoms in total. The molecular weight excluding hydrogens is 202 g/mol. The van der Waals surface area contributed by atoms with E-state index >= 15 is 0 Å². The summed E-state index contributed by atoms with van der Waals surface area (Å²) in [6.07, 6.45) is 1.71. The van der Waals surface area contributed by atoms with Crippen LogP contribution in [0, 0.1) is 16.0 Å². The summed E-state index contributed by atoms with van der Waals surface area (Å²) >= 11 is 5.86. The van der Waals surface area contributed by atoms with Gasteiger partial charge in [0.25, 0.3) is 5.69 Å². The molecule has 0 bridgehead atoms. The predicted molar refractivity (Wildman–Crippen MR) is 54.5 cm³/mol. The summed E-state index contributed by atoms with van der Waals surface area (Å²) < 4.78 is 0. The van der Waals surface area contributed by atoms with E-state index < -0.39 is 0 Å². The number of nitro benzene ring substituents is 1. The Morgan fingerprint density at radius 1 is 1.50 bits per heavy atom. The second-order valence-corrected chi connectivity index (χ2v) is 4.16. The lowest BCUT2D eigenvalue weighted by atomic mass is 10.1. The molecule has 1 saturated carbocycles. The van der Waals surface area contributed by atoms with E-state index in [0.29, 0.717) is 5.92 Å². The smallest absolute Gasteiger partial charge is 0.258 e. The van der Waals surface area contributed by atoms with Crippen LogP contribution in [0.4, 0.5) is 5.69 Å². The quantitative estimate of drug-likeness (QED) is 0.438. The Labute approximate surface area is 86.8 Å². The maximum Gasteiger partial charge on any atom is 0.272 e. The highest BCUT2D eigenvalue weighted by Gasteiger charge is 2.36. The third-order valence-corrected chi connectivity index (χ3v) is 3.04. The molecule has 0 amide bonds. The fraction of sp³-hybridized carbons (Fsp3) is 0.400. The third-order valence-electron chi connectivity index (χ3n) is 2.51. The molecule has 1 fully saturated rings. The molecule has 2 rings (SSSR count). The van der Waals surface area contributed by atoms with E-state index in [9.17, 15) is 10.1 Å². The highest BCUT2D eigenvalue weighted by molar-refractivity contribution is 6.22. The van der Waals surface area contributed by atoms with Crippen molar-refractivity contribution < 1.29 is 4.92 Å². The summed E-state index contributed by atoms with van der Waals surface area (Å²) in [5, 5.41) is 10.9. The van der Waals surface area contributed by atoms with Crippen molar-refractivity contribution in [1.82, 2.24) is 0 Å². The SMILES string of the molecule is O=[N+]([O-])c1ccccc1CC1CC1Cl. The van der Waals surface area contributed by atoms with Gasteiger partial charge in [0, 0.05) is 17.0 Å². The molecule has 0 heterocycles. The number of alkyl halides is 1. The van der Waals surface area contributed by atoms with E-state index in [1.807, 2.05) is 6.07 Å². The van der Waals surface area contributed by atoms with Crippen LogP contribution >= 0.6 is 11.6 Å². The van der Waals surface area contributed by atoms with Gasteiger partial charge in [0.1, 0.15) is 0 Å². The number of rotatable bonds is 3. The number of nitrogens with zero attached hydrogens (tertiary/aromatic N) is 1. The molecule has 0 N–H and O–H groups in total. The van der Waals surface area contributed by atoms with Gasteiger partial charge < -0.3 is 0 Å². The van der Waals surface area contributed by atoms with Crippen LogP contribution in [0.15, 0.2) is 24.3 Å². The van der Waals surface area contributed by atoms with Crippen molar-refractivity contribution in [2.24, 2.45) is 5.92 Å². The van der Waals surface area contributed by atoms with E-state index in [-0.39, 0.29) is 16.0 Å². The second-order valence-electron chi connectivity index (χ2n) is 3.60. The van der Waals surface area contributed by atoms with Gasteiger partial charge >= 0.3 is 0 Å². The van der Waals surface area contributed by atoms with Gasteiger partial charge in [0.05, 0.1) is 4.92 Å². The predicted octanol–water partition coefficient (Wildman–Crippen LogP) is 2.76. The van der Waals surface area contributed by atoms with Gasteiger partial charge in [-0.2, -0.15) is 0 Å². The second kappa shape index (κ2) is 3.58. The Bertz CT molecular complexity index is 367. The molecule has 2 atom stereocenters. The molecule has 1 aliphatic rings. The number of benzene rings is 1. The van der Waals surface area contributed by atoms with E-state index in [2.05, 4.69) is 0 Å². The monoisotopic (exact) mass is 211 g/mol. The number of hydrogen-bond acceptors (Lipinski definition) is 2. The first-order valence-electron chi connectivity index (χ1n) is 4.55. The van der Waals surface area contributed by atoms with Crippen molar-refractivity contribution >= 4 is 17.3 Å². The van der Waals surface area contributed by atoms with Crippen LogP contribution in [-0.4, -0.2) is 10.3 Å². The zero-order valence-corrected chi connectivity index (χ0v) is 8.28. The first-order valence-corrected chi connectivity index (χ1v) is 4.98. The minimum Gasteiger partial charge on any atom is -0.258 e. The molecule has 0 aromatic heterocycles. The van der Waals surface area contributed by atoms with E-state index in [1.165, 1.54) is 0 Å². The van der Waals surface area contributed by atoms with Crippen molar-refractivity contribution in [2.75, 3.05) is 0 Å². The molecular formula is C10H10ClNO2. The third kappa shape index (κ3) is 1.87. The molecule has 4 heteroatoms. The van der Waals surface area contributed by atoms with Gasteiger partial charge in [-0.3, -0.25) is 10.1 Å². The van der Waals surface area contributed by atoms with Gasteiger partial charge in [0.15, 0.2) is 0 Å². The minimum atomic E-state index is -0.332. The van der Waals surface area contributed by atoms with Crippen LogP contribution in [0.5, 0.6) is 0 Å². The van der Waals surface area contributed by atoms with Crippen molar-refractivity contribution in [2.45, 2.75) is 18.2 Å². The summed E-state index contributed by atoms with van der Waals surface area (Å²) in [5.74, 6) is 0.428. The summed E-state index contributed by atoms with van der Waals surface area (Å²) in [7, 11) is 0. The highest BCUT2D eigenvalue weighted by Crippen LogP contribution is 2.40. The van der Waals surface area contributed by atoms with E-state index in [0.717, 1.165) is 18.4 Å². The molecule has 2 unspecified atom stereocenters. The van der Waals surface area contributed by atoms with Gasteiger partial charge in [-0.15, -0.1) is 11.6 Å². The molecule has 1 aliphatic carbocycles. The molecule has 1 aromatic carbocycles. The van der Waals surface area contributed by atoms with Crippen LogP contribution in [0.3, 0.4) is 0 Å². The Morgan fingerprint density at radius 2 is 2.14 bits per heavy atom. The maximum absolute atomic E-state index is 10.7. The van der Waals surface area contributed by atoms with Crippen molar-refractivity contribution in [3.05, 3.63) is 39.9 Å². The zero-order chi connectivity index (χ0) is 10.1. The lowest BCUT2D eigenvalue weighted by molar-refractivity contribution is -0.385. The van der Waals surface area contributed by atoms with E-state index in [1.54, 1.807) is 18.2 Å². The highest BCUT2D eigenvalue weighted by atomic mass is 35.5. The molecule has 0 saturated heterocycles. The zero-order valence-electron chi connectivity index (χ0n) is 7.52. The molecule has 0 spiro atoms. The molecule has 14 heavy (non-hydrogen) atoms. The number of halogens is 1. The van der Waals surface area contributed by atoms with Crippen LogP contribution in [0.2, 0.25) is 0 Å². The first-order chi connectivity index (χ1) is 6.68. The van der Waals surface area contributed by atoms with Gasteiger partial charge in [-0.05, 0) is 18.8 Å². The lowest BCUT2D eigenvalue weighted by Crippen LogP contribution is -1.97. The Morgan fingerprint density at radius 3 is 2.71 bits per heavy atom. The normalized spacial score (nSPS) is 24.6. The summed E-state index contributed by atoms with van der Waals surface area (Å²) in [6.45, 7) is 0. The number of hydrogen-bond donors (Lipinski definition) is 0. The number of nitro groups is 1. The average molecular weight is 212 g/mol. The fourth-order valence-corrected chi connectivity index (χ4v) is 1.88. The summed E-state index contributed by atoms with van der Waals surface area (Å²) in [5.41, 5.74) is 1.01. The largest absolute Gasteiger partial charge is 0.272 e. The molecule has 0 aliphatic heterocycles. The van der Waals surface area contributed by atoms with Crippen LogP contribution in [-0.2, 0) is 6.42 Å². The molecule has 1 aromatic rings. The van der Waals surface area contributed by atoms with Gasteiger partial charge in [0.2, 0.25) is 0 Å². The minimum absolute atomic E-state index is 0.211. The van der Waals surface area contributed by atoms with Crippen molar-refractivity contribution in [3.8, 4) is 0 Å². The van der Waals surface area contributed by atoms with E-state index in [4.69, 9.17) is 11.6 Å². The van der Waals surface area contributed by atoms with Crippen LogP contribution in [0.1, 0.15) is 12.0 Å². The maximum atomic E-state index is 10.7. The summed E-state index contributed by atoms with van der Waals surface area (Å²) in [4.78, 5) is 10.3.